The van der Waals surface area contributed by atoms with Crippen LogP contribution in [-0.2, 0) is 14.3 Å². The summed E-state index contributed by atoms with van der Waals surface area (Å²) in [6.45, 7) is 2.40. The van der Waals surface area contributed by atoms with E-state index in [1.54, 1.807) is 0 Å². The van der Waals surface area contributed by atoms with E-state index in [4.69, 9.17) is 10.00 Å². The minimum atomic E-state index is -0.494. The Kier molecular flexibility index (Phi) is 5.15. The fourth-order valence-electron chi connectivity index (χ4n) is 4.27. The van der Waals surface area contributed by atoms with Crippen molar-refractivity contribution < 1.29 is 18.7 Å². The number of carbonyl (C=O) groups excluding carboxylic acids is 2. The van der Waals surface area contributed by atoms with Crippen LogP contribution in [0.5, 0.6) is 0 Å². The highest BCUT2D eigenvalue weighted by Crippen LogP contribution is 2.52. The number of nitrogens with one attached hydrogen (secondary N) is 1. The fraction of sp³-hybridized carbons (Fsp3) is 0.632. The Balaban J connectivity index is 1.57. The van der Waals surface area contributed by atoms with E-state index in [-0.39, 0.29) is 41.6 Å². The Morgan fingerprint density at radius 2 is 1.96 bits per heavy atom. The maximum Gasteiger partial charge on any atom is 0.312 e. The smallest absolute Gasteiger partial charge is 0.312 e. The molecule has 0 aromatic rings. The minimum absolute atomic E-state index is 0.0305. The topological polar surface area (TPSA) is 82.4 Å². The van der Waals surface area contributed by atoms with Crippen LogP contribution in [0.15, 0.2) is 23.7 Å². The molecular weight excluding hydrogens is 337 g/mol. The Labute approximate surface area is 152 Å². The number of rotatable bonds is 5. The molecule has 2 bridgehead atoms. The number of nitrogens with zero attached hydrogens (tertiary/aromatic N) is 2. The lowest BCUT2D eigenvalue weighted by atomic mass is 9.57. The molecule has 1 N–H and O–H groups in total. The van der Waals surface area contributed by atoms with Crippen molar-refractivity contribution in [3.05, 3.63) is 23.7 Å². The molecule has 0 unspecified atom stereocenters. The van der Waals surface area contributed by atoms with Crippen LogP contribution in [0.25, 0.3) is 0 Å². The first-order valence-electron chi connectivity index (χ1n) is 9.14. The predicted octanol–water partition coefficient (Wildman–Crippen LogP) is 2.34. The number of carbonyl (C=O) groups is 2. The van der Waals surface area contributed by atoms with Gasteiger partial charge in [0.05, 0.1) is 18.6 Å². The third-order valence-electron chi connectivity index (χ3n) is 6.02. The summed E-state index contributed by atoms with van der Waals surface area (Å²) in [5.41, 5.74) is -0.463. The molecule has 7 heteroatoms. The molecule has 0 aromatic heterocycles. The summed E-state index contributed by atoms with van der Waals surface area (Å²) in [7, 11) is 0. The third-order valence-corrected chi connectivity index (χ3v) is 6.02. The van der Waals surface area contributed by atoms with E-state index in [9.17, 15) is 14.0 Å². The summed E-state index contributed by atoms with van der Waals surface area (Å²) in [4.78, 5) is 26.1. The number of esters is 1. The Hall–Kier alpha value is -2.20. The van der Waals surface area contributed by atoms with Crippen molar-refractivity contribution in [1.82, 2.24) is 10.2 Å². The molecule has 1 amide bonds. The quantitative estimate of drug-likeness (QED) is 0.760. The van der Waals surface area contributed by atoms with E-state index in [1.165, 1.54) is 11.0 Å². The molecule has 0 atom stereocenters. The lowest BCUT2D eigenvalue weighted by molar-refractivity contribution is -0.163. The highest BCUT2D eigenvalue weighted by molar-refractivity contribution is 5.81. The van der Waals surface area contributed by atoms with Crippen molar-refractivity contribution in [1.29, 1.82) is 5.26 Å². The molecule has 0 spiro atoms. The van der Waals surface area contributed by atoms with Crippen LogP contribution < -0.4 is 5.32 Å². The number of fused-ring (bicyclic) bond motifs is 3. The molecular formula is C19H24FN3O3. The van der Waals surface area contributed by atoms with E-state index in [0.717, 1.165) is 44.6 Å². The number of hydrogen-bond donors (Lipinski definition) is 1. The number of amides is 1. The summed E-state index contributed by atoms with van der Waals surface area (Å²) in [6, 6.07) is 1.87. The van der Waals surface area contributed by atoms with Crippen molar-refractivity contribution in [3.63, 3.8) is 0 Å². The second-order valence-electron chi connectivity index (χ2n) is 7.37. The summed E-state index contributed by atoms with van der Waals surface area (Å²) >= 11 is 0. The van der Waals surface area contributed by atoms with Crippen molar-refractivity contribution in [2.45, 2.75) is 51.0 Å². The predicted molar refractivity (Wildman–Crippen MR) is 92.1 cm³/mol. The first kappa shape index (κ1) is 18.6. The van der Waals surface area contributed by atoms with Gasteiger partial charge in [-0.2, -0.15) is 5.26 Å². The van der Waals surface area contributed by atoms with Crippen molar-refractivity contribution in [2.24, 2.45) is 5.41 Å². The van der Waals surface area contributed by atoms with Gasteiger partial charge in [0, 0.05) is 18.2 Å². The molecule has 0 saturated heterocycles. The van der Waals surface area contributed by atoms with E-state index in [2.05, 4.69) is 5.32 Å². The van der Waals surface area contributed by atoms with Gasteiger partial charge >= 0.3 is 5.97 Å². The zero-order chi connectivity index (χ0) is 18.8. The van der Waals surface area contributed by atoms with Gasteiger partial charge in [0.2, 0.25) is 5.91 Å². The van der Waals surface area contributed by atoms with Crippen LogP contribution in [0.3, 0.4) is 0 Å². The number of allylic oxidation sites excluding steroid dienone is 3. The van der Waals surface area contributed by atoms with Crippen LogP contribution in [0, 0.1) is 16.7 Å². The van der Waals surface area contributed by atoms with Gasteiger partial charge in [-0.25, -0.2) is 4.39 Å². The third kappa shape index (κ3) is 3.38. The van der Waals surface area contributed by atoms with Gasteiger partial charge in [-0.15, -0.1) is 0 Å². The number of halogens is 1. The highest BCUT2D eigenvalue weighted by atomic mass is 19.1. The standard InChI is InChI=1S/C19H24FN3O3/c1-2-26-17(25)18-4-7-19(8-5-18,9-6-18)22-13-16(24)23-10-3-14(20)11-15(23)12-21/h3,11,22H,2,4-10,13H2,1H3. The van der Waals surface area contributed by atoms with Gasteiger partial charge in [0.1, 0.15) is 17.6 Å². The molecule has 0 aromatic carbocycles. The number of nitriles is 1. The average molecular weight is 361 g/mol. The molecule has 1 heterocycles. The Morgan fingerprint density at radius 3 is 2.54 bits per heavy atom. The molecule has 3 saturated carbocycles. The van der Waals surface area contributed by atoms with Crippen LogP contribution in [0.2, 0.25) is 0 Å². The zero-order valence-corrected chi connectivity index (χ0v) is 15.0. The molecule has 3 aliphatic carbocycles. The fourth-order valence-corrected chi connectivity index (χ4v) is 4.27. The van der Waals surface area contributed by atoms with Gasteiger partial charge in [0.15, 0.2) is 0 Å². The van der Waals surface area contributed by atoms with Gasteiger partial charge in [-0.1, -0.05) is 0 Å². The van der Waals surface area contributed by atoms with Gasteiger partial charge in [-0.3, -0.25) is 14.5 Å². The molecule has 0 radical (unpaired) electrons. The Bertz CT molecular complexity index is 683. The molecule has 6 nitrogen and oxygen atoms in total. The Morgan fingerprint density at radius 1 is 1.31 bits per heavy atom. The van der Waals surface area contributed by atoms with Crippen LogP contribution in [0.4, 0.5) is 4.39 Å². The average Bonchev–Trinajstić information content (AvgIpc) is 2.67. The number of ether oxygens (including phenoxy) is 1. The number of hydrogen-bond acceptors (Lipinski definition) is 5. The minimum Gasteiger partial charge on any atom is -0.466 e. The van der Waals surface area contributed by atoms with Gasteiger partial charge in [-0.05, 0) is 51.5 Å². The second-order valence-corrected chi connectivity index (χ2v) is 7.37. The van der Waals surface area contributed by atoms with Gasteiger partial charge in [0.25, 0.3) is 0 Å². The van der Waals surface area contributed by atoms with E-state index in [1.807, 2.05) is 13.0 Å². The molecule has 4 aliphatic rings. The van der Waals surface area contributed by atoms with Crippen molar-refractivity contribution in [2.75, 3.05) is 19.7 Å². The van der Waals surface area contributed by atoms with Crippen molar-refractivity contribution >= 4 is 11.9 Å². The SMILES string of the molecule is CCOC(=O)C12CCC(NCC(=O)N3CC=C(F)C=C3C#N)(CC1)CC2. The maximum absolute atomic E-state index is 13.3. The highest BCUT2D eigenvalue weighted by Gasteiger charge is 2.53. The largest absolute Gasteiger partial charge is 0.466 e. The molecule has 140 valence electrons. The molecule has 3 fully saturated rings. The van der Waals surface area contributed by atoms with Gasteiger partial charge < -0.3 is 10.1 Å². The maximum atomic E-state index is 13.3. The first-order chi connectivity index (χ1) is 12.4. The monoisotopic (exact) mass is 361 g/mol. The van der Waals surface area contributed by atoms with E-state index in [0.29, 0.717) is 6.61 Å². The molecule has 1 aliphatic heterocycles. The van der Waals surface area contributed by atoms with Crippen LogP contribution in [0.1, 0.15) is 45.4 Å². The summed E-state index contributed by atoms with van der Waals surface area (Å²) < 4.78 is 18.5. The normalized spacial score (nSPS) is 30.3. The van der Waals surface area contributed by atoms with Crippen LogP contribution in [-0.4, -0.2) is 42.0 Å². The summed E-state index contributed by atoms with van der Waals surface area (Å²) in [5, 5.41) is 12.5. The summed E-state index contributed by atoms with van der Waals surface area (Å²) in [6.07, 6.45) is 7.16. The zero-order valence-electron chi connectivity index (χ0n) is 15.0. The van der Waals surface area contributed by atoms with E-state index < -0.39 is 5.83 Å². The van der Waals surface area contributed by atoms with Crippen LogP contribution >= 0.6 is 0 Å². The lowest BCUT2D eigenvalue weighted by Gasteiger charge is -2.52. The van der Waals surface area contributed by atoms with E-state index >= 15 is 0 Å². The second kappa shape index (κ2) is 7.20. The van der Waals surface area contributed by atoms with Crippen molar-refractivity contribution in [3.8, 4) is 6.07 Å². The first-order valence-corrected chi connectivity index (χ1v) is 9.14. The lowest BCUT2D eigenvalue weighted by Crippen LogP contribution is -2.58. The molecule has 26 heavy (non-hydrogen) atoms. The summed E-state index contributed by atoms with van der Waals surface area (Å²) in [5.74, 6) is -0.828. The molecule has 4 rings (SSSR count).